The molecular formula is C12H11ClFNOS. The summed E-state index contributed by atoms with van der Waals surface area (Å²) in [6, 6.07) is 4.42. The van der Waals surface area contributed by atoms with E-state index in [-0.39, 0.29) is 5.82 Å². The summed E-state index contributed by atoms with van der Waals surface area (Å²) in [5, 5.41) is 3.34. The molecule has 0 aliphatic carbocycles. The van der Waals surface area contributed by atoms with Crippen molar-refractivity contribution in [3.8, 4) is 0 Å². The van der Waals surface area contributed by atoms with Crippen LogP contribution < -0.4 is 0 Å². The van der Waals surface area contributed by atoms with Gasteiger partial charge < -0.3 is 4.74 Å². The smallest absolute Gasteiger partial charge is 0.124 e. The maximum atomic E-state index is 12.9. The number of hydrogen-bond acceptors (Lipinski definition) is 3. The van der Waals surface area contributed by atoms with Gasteiger partial charge in [-0.3, -0.25) is 0 Å². The number of hydrogen-bond donors (Lipinski definition) is 0. The first kappa shape index (κ1) is 12.5. The van der Waals surface area contributed by atoms with E-state index in [0.717, 1.165) is 16.3 Å². The third-order valence-electron chi connectivity index (χ3n) is 2.25. The molecule has 0 fully saturated rings. The van der Waals surface area contributed by atoms with Crippen LogP contribution in [0, 0.1) is 5.82 Å². The van der Waals surface area contributed by atoms with Gasteiger partial charge in [0.15, 0.2) is 0 Å². The molecule has 0 bridgehead atoms. The van der Waals surface area contributed by atoms with Gasteiger partial charge in [-0.1, -0.05) is 17.7 Å². The summed E-state index contributed by atoms with van der Waals surface area (Å²) in [4.78, 5) is 4.40. The third-order valence-corrected chi connectivity index (χ3v) is 3.50. The van der Waals surface area contributed by atoms with Crippen LogP contribution in [0.4, 0.5) is 4.39 Å². The molecule has 0 aliphatic heterocycles. The predicted octanol–water partition coefficient (Wildman–Crippen LogP) is 3.67. The van der Waals surface area contributed by atoms with Crippen LogP contribution in [-0.4, -0.2) is 12.1 Å². The molecule has 5 heteroatoms. The standard InChI is InChI=1S/C12H11ClFNOS/c1-16-6-10-7-17-12(15-10)4-8-2-3-9(14)5-11(8)13/h2-3,5,7H,4,6H2,1H3. The molecule has 17 heavy (non-hydrogen) atoms. The zero-order valence-corrected chi connectivity index (χ0v) is 10.8. The Morgan fingerprint density at radius 2 is 2.29 bits per heavy atom. The van der Waals surface area contributed by atoms with Crippen molar-refractivity contribution in [2.75, 3.05) is 7.11 Å². The van der Waals surface area contributed by atoms with Crippen LogP contribution in [0.5, 0.6) is 0 Å². The van der Waals surface area contributed by atoms with E-state index in [4.69, 9.17) is 16.3 Å². The minimum atomic E-state index is -0.321. The second-order valence-electron chi connectivity index (χ2n) is 3.58. The Labute approximate surface area is 108 Å². The fraction of sp³-hybridized carbons (Fsp3) is 0.250. The number of rotatable bonds is 4. The molecule has 0 atom stereocenters. The second-order valence-corrected chi connectivity index (χ2v) is 4.93. The molecule has 0 unspecified atom stereocenters. The van der Waals surface area contributed by atoms with Crippen molar-refractivity contribution in [2.45, 2.75) is 13.0 Å². The number of thiazole rings is 1. The van der Waals surface area contributed by atoms with E-state index in [1.807, 2.05) is 5.38 Å². The van der Waals surface area contributed by atoms with E-state index in [1.165, 1.54) is 12.1 Å². The molecule has 0 saturated heterocycles. The summed E-state index contributed by atoms with van der Waals surface area (Å²) in [6.07, 6.45) is 0.619. The summed E-state index contributed by atoms with van der Waals surface area (Å²) in [5.74, 6) is -0.321. The van der Waals surface area contributed by atoms with Crippen LogP contribution in [0.1, 0.15) is 16.3 Å². The Morgan fingerprint density at radius 1 is 1.47 bits per heavy atom. The molecule has 0 radical (unpaired) electrons. The van der Waals surface area contributed by atoms with Crippen molar-refractivity contribution < 1.29 is 9.13 Å². The molecule has 2 nitrogen and oxygen atoms in total. The number of halogens is 2. The van der Waals surface area contributed by atoms with Crippen LogP contribution in [0.2, 0.25) is 5.02 Å². The van der Waals surface area contributed by atoms with Crippen molar-refractivity contribution in [1.82, 2.24) is 4.98 Å². The van der Waals surface area contributed by atoms with Crippen molar-refractivity contribution in [2.24, 2.45) is 0 Å². The quantitative estimate of drug-likeness (QED) is 0.846. The molecule has 1 heterocycles. The molecule has 0 N–H and O–H groups in total. The van der Waals surface area contributed by atoms with E-state index in [2.05, 4.69) is 4.98 Å². The van der Waals surface area contributed by atoms with Gasteiger partial charge in [-0.05, 0) is 17.7 Å². The maximum absolute atomic E-state index is 12.9. The zero-order valence-electron chi connectivity index (χ0n) is 9.24. The highest BCUT2D eigenvalue weighted by Crippen LogP contribution is 2.22. The average molecular weight is 272 g/mol. The van der Waals surface area contributed by atoms with E-state index < -0.39 is 0 Å². The van der Waals surface area contributed by atoms with Crippen LogP contribution in [-0.2, 0) is 17.8 Å². The van der Waals surface area contributed by atoms with Gasteiger partial charge in [-0.15, -0.1) is 11.3 Å². The summed E-state index contributed by atoms with van der Waals surface area (Å²) in [6.45, 7) is 0.508. The van der Waals surface area contributed by atoms with Gasteiger partial charge in [0.05, 0.1) is 17.3 Å². The highest BCUT2D eigenvalue weighted by Gasteiger charge is 2.07. The van der Waals surface area contributed by atoms with Crippen LogP contribution in [0.15, 0.2) is 23.6 Å². The van der Waals surface area contributed by atoms with Gasteiger partial charge in [-0.2, -0.15) is 0 Å². The average Bonchev–Trinajstić information content (AvgIpc) is 2.71. The molecule has 0 spiro atoms. The number of methoxy groups -OCH3 is 1. The Kier molecular flexibility index (Phi) is 4.10. The van der Waals surface area contributed by atoms with Crippen molar-refractivity contribution >= 4 is 22.9 Å². The molecule has 90 valence electrons. The summed E-state index contributed by atoms with van der Waals surface area (Å²) in [7, 11) is 1.63. The molecule has 0 saturated carbocycles. The number of ether oxygens (including phenoxy) is 1. The number of nitrogens with zero attached hydrogens (tertiary/aromatic N) is 1. The van der Waals surface area contributed by atoms with Gasteiger partial charge >= 0.3 is 0 Å². The lowest BCUT2D eigenvalue weighted by Gasteiger charge is -2.01. The molecule has 0 aliphatic rings. The largest absolute Gasteiger partial charge is 0.378 e. The molecule has 1 aromatic heterocycles. The molecule has 2 rings (SSSR count). The van der Waals surface area contributed by atoms with Gasteiger partial charge in [0.1, 0.15) is 5.82 Å². The Balaban J connectivity index is 2.13. The Bertz CT molecular complexity index is 515. The normalized spacial score (nSPS) is 10.8. The van der Waals surface area contributed by atoms with Gasteiger partial charge in [0, 0.05) is 23.9 Å². The first-order valence-corrected chi connectivity index (χ1v) is 6.31. The van der Waals surface area contributed by atoms with Gasteiger partial charge in [0.2, 0.25) is 0 Å². The maximum Gasteiger partial charge on any atom is 0.124 e. The third kappa shape index (κ3) is 3.25. The highest BCUT2D eigenvalue weighted by atomic mass is 35.5. The molecular weight excluding hydrogens is 261 g/mol. The minimum absolute atomic E-state index is 0.321. The topological polar surface area (TPSA) is 22.1 Å². The van der Waals surface area contributed by atoms with Gasteiger partial charge in [-0.25, -0.2) is 9.37 Å². The first-order valence-electron chi connectivity index (χ1n) is 5.05. The summed E-state index contributed by atoms with van der Waals surface area (Å²) < 4.78 is 17.9. The number of benzene rings is 1. The Hall–Kier alpha value is -0.970. The van der Waals surface area contributed by atoms with E-state index >= 15 is 0 Å². The lowest BCUT2D eigenvalue weighted by molar-refractivity contribution is 0.182. The summed E-state index contributed by atoms with van der Waals surface area (Å²) >= 11 is 7.51. The van der Waals surface area contributed by atoms with Crippen molar-refractivity contribution in [1.29, 1.82) is 0 Å². The monoisotopic (exact) mass is 271 g/mol. The van der Waals surface area contributed by atoms with Gasteiger partial charge in [0.25, 0.3) is 0 Å². The molecule has 1 aromatic carbocycles. The zero-order chi connectivity index (χ0) is 12.3. The van der Waals surface area contributed by atoms with Crippen LogP contribution >= 0.6 is 22.9 Å². The van der Waals surface area contributed by atoms with Crippen molar-refractivity contribution in [3.63, 3.8) is 0 Å². The number of aromatic nitrogens is 1. The molecule has 2 aromatic rings. The second kappa shape index (κ2) is 5.58. The van der Waals surface area contributed by atoms with Crippen LogP contribution in [0.3, 0.4) is 0 Å². The lowest BCUT2D eigenvalue weighted by Crippen LogP contribution is -1.92. The van der Waals surface area contributed by atoms with Crippen molar-refractivity contribution in [3.05, 3.63) is 50.7 Å². The summed E-state index contributed by atoms with van der Waals surface area (Å²) in [5.41, 5.74) is 1.79. The first-order chi connectivity index (χ1) is 8.19. The highest BCUT2D eigenvalue weighted by molar-refractivity contribution is 7.09. The SMILES string of the molecule is COCc1csc(Cc2ccc(F)cc2Cl)n1. The fourth-order valence-corrected chi connectivity index (χ4v) is 2.51. The van der Waals surface area contributed by atoms with Crippen LogP contribution in [0.25, 0.3) is 0 Å². The Morgan fingerprint density at radius 3 is 3.00 bits per heavy atom. The lowest BCUT2D eigenvalue weighted by atomic mass is 10.1. The van der Waals surface area contributed by atoms with E-state index in [0.29, 0.717) is 18.1 Å². The van der Waals surface area contributed by atoms with E-state index in [9.17, 15) is 4.39 Å². The predicted molar refractivity (Wildman–Crippen MR) is 67.0 cm³/mol. The molecule has 0 amide bonds. The minimum Gasteiger partial charge on any atom is -0.378 e. The van der Waals surface area contributed by atoms with E-state index in [1.54, 1.807) is 24.5 Å². The fourth-order valence-electron chi connectivity index (χ4n) is 1.47.